The van der Waals surface area contributed by atoms with E-state index in [0.29, 0.717) is 46.6 Å². The van der Waals surface area contributed by atoms with Gasteiger partial charge in [0.1, 0.15) is 29.3 Å². The van der Waals surface area contributed by atoms with Crippen LogP contribution >= 0.6 is 0 Å². The number of benzene rings is 4. The minimum atomic E-state index is -1.10. The van der Waals surface area contributed by atoms with Crippen LogP contribution in [0.25, 0.3) is 0 Å². The molecule has 0 heterocycles. The lowest BCUT2D eigenvalue weighted by Crippen LogP contribution is -2.42. The summed E-state index contributed by atoms with van der Waals surface area (Å²) in [6.45, 7) is 6.76. The van der Waals surface area contributed by atoms with Gasteiger partial charge in [-0.15, -0.1) is 0 Å². The van der Waals surface area contributed by atoms with Gasteiger partial charge in [-0.1, -0.05) is 67.6 Å². The zero-order valence-electron chi connectivity index (χ0n) is 27.2. The van der Waals surface area contributed by atoms with Crippen molar-refractivity contribution in [2.45, 2.75) is 51.7 Å². The van der Waals surface area contributed by atoms with Crippen LogP contribution in [0.5, 0.6) is 11.5 Å². The van der Waals surface area contributed by atoms with Crippen molar-refractivity contribution in [1.82, 2.24) is 0 Å². The lowest BCUT2D eigenvalue weighted by atomic mass is 9.97. The van der Waals surface area contributed by atoms with E-state index in [2.05, 4.69) is 0 Å². The molecule has 0 amide bonds. The number of hydrogen-bond acceptors (Lipinski definition) is 8. The Morgan fingerprint density at radius 1 is 0.574 bits per heavy atom. The Hall–Kier alpha value is -5.08. The molecule has 0 fully saturated rings. The van der Waals surface area contributed by atoms with Gasteiger partial charge < -0.3 is 18.9 Å². The van der Waals surface area contributed by atoms with Crippen LogP contribution in [0.3, 0.4) is 0 Å². The number of rotatable bonds is 17. The van der Waals surface area contributed by atoms with Crippen molar-refractivity contribution in [3.05, 3.63) is 131 Å². The highest BCUT2D eigenvalue weighted by Gasteiger charge is 2.34. The number of hydrogen-bond donors (Lipinski definition) is 0. The minimum absolute atomic E-state index is 0.0931. The molecule has 8 nitrogen and oxygen atoms in total. The Morgan fingerprint density at radius 2 is 1.00 bits per heavy atom. The molecule has 1 atom stereocenters. The van der Waals surface area contributed by atoms with E-state index < -0.39 is 17.2 Å². The molecule has 0 spiro atoms. The maximum Gasteiger partial charge on any atom is 0.344 e. The number of ketones is 3. The summed E-state index contributed by atoms with van der Waals surface area (Å²) in [5.74, 6) is -0.0820. The summed E-state index contributed by atoms with van der Waals surface area (Å²) < 4.78 is 22.9. The molecule has 4 rings (SSSR count). The minimum Gasteiger partial charge on any atom is -0.486 e. The summed E-state index contributed by atoms with van der Waals surface area (Å²) in [6.07, 6.45) is 0.763. The highest BCUT2D eigenvalue weighted by molar-refractivity contribution is 6.09. The lowest BCUT2D eigenvalue weighted by molar-refractivity contribution is -0.163. The van der Waals surface area contributed by atoms with Crippen molar-refractivity contribution < 1.29 is 38.1 Å². The van der Waals surface area contributed by atoms with Crippen molar-refractivity contribution in [1.29, 1.82) is 0 Å². The summed E-state index contributed by atoms with van der Waals surface area (Å²) in [7, 11) is 0. The second-order valence-electron chi connectivity index (χ2n) is 11.9. The molecule has 0 aliphatic carbocycles. The van der Waals surface area contributed by atoms with Gasteiger partial charge in [-0.2, -0.15) is 0 Å². The van der Waals surface area contributed by atoms with Crippen molar-refractivity contribution in [2.24, 2.45) is 0 Å². The highest BCUT2D eigenvalue weighted by Crippen LogP contribution is 2.23. The van der Waals surface area contributed by atoms with Crippen LogP contribution in [0.15, 0.2) is 109 Å². The second kappa shape index (κ2) is 16.0. The molecule has 0 bridgehead atoms. The quantitative estimate of drug-likeness (QED) is 0.0895. The first kappa shape index (κ1) is 34.8. The predicted molar refractivity (Wildman–Crippen MR) is 178 cm³/mol. The first-order chi connectivity index (χ1) is 22.5. The summed E-state index contributed by atoms with van der Waals surface area (Å²) in [5, 5.41) is 0. The molecule has 47 heavy (non-hydrogen) atoms. The van der Waals surface area contributed by atoms with Crippen LogP contribution in [-0.4, -0.2) is 54.3 Å². The van der Waals surface area contributed by atoms with Crippen LogP contribution in [-0.2, 0) is 19.1 Å². The van der Waals surface area contributed by atoms with Gasteiger partial charge in [0.05, 0.1) is 6.61 Å². The van der Waals surface area contributed by atoms with E-state index in [9.17, 15) is 19.2 Å². The van der Waals surface area contributed by atoms with Crippen molar-refractivity contribution in [3.8, 4) is 11.5 Å². The van der Waals surface area contributed by atoms with E-state index in [1.165, 1.54) is 0 Å². The third-order valence-corrected chi connectivity index (χ3v) is 7.81. The van der Waals surface area contributed by atoms with Crippen LogP contribution in [0, 0.1) is 0 Å². The van der Waals surface area contributed by atoms with Crippen molar-refractivity contribution >= 4 is 23.3 Å². The fourth-order valence-electron chi connectivity index (χ4n) is 4.65. The molecule has 0 saturated heterocycles. The van der Waals surface area contributed by atoms with E-state index in [-0.39, 0.29) is 37.2 Å². The number of carbonyl (C=O) groups is 4. The Morgan fingerprint density at radius 3 is 1.45 bits per heavy atom. The molecular formula is C39H40O8. The van der Waals surface area contributed by atoms with Crippen LogP contribution in [0.1, 0.15) is 72.4 Å². The van der Waals surface area contributed by atoms with E-state index in [1.54, 1.807) is 93.6 Å². The fourth-order valence-corrected chi connectivity index (χ4v) is 4.65. The van der Waals surface area contributed by atoms with Crippen LogP contribution in [0.4, 0.5) is 0 Å². The van der Waals surface area contributed by atoms with Gasteiger partial charge >= 0.3 is 5.97 Å². The summed E-state index contributed by atoms with van der Waals surface area (Å²) in [4.78, 5) is 50.8. The molecule has 0 N–H and O–H groups in total. The molecule has 0 aliphatic heterocycles. The Kier molecular flexibility index (Phi) is 11.8. The predicted octanol–water partition coefficient (Wildman–Crippen LogP) is 7.07. The molecular weight excluding hydrogens is 596 g/mol. The third-order valence-electron chi connectivity index (χ3n) is 7.81. The molecule has 4 aromatic rings. The second-order valence-corrected chi connectivity index (χ2v) is 11.9. The maximum atomic E-state index is 13.1. The number of ether oxygens (including phenoxy) is 4. The first-order valence-electron chi connectivity index (χ1n) is 15.5. The van der Waals surface area contributed by atoms with E-state index >= 15 is 0 Å². The molecule has 244 valence electrons. The average molecular weight is 637 g/mol. The zero-order valence-corrected chi connectivity index (χ0v) is 27.2. The molecule has 0 aliphatic rings. The number of carbonyl (C=O) groups excluding carboxylic acids is 4. The standard InChI is InChI=1S/C39H40O8/c1-5-39(4,34(40)26-44-32-20-16-30(17-21-32)36(42)28-12-8-6-9-13-28)46-25-24-38(2,3)47-35(41)27-45-33-22-18-31(19-23-33)37(43)29-14-10-7-11-15-29/h6-23H,5,24-27H2,1-4H3. The third kappa shape index (κ3) is 9.95. The summed E-state index contributed by atoms with van der Waals surface area (Å²) >= 11 is 0. The smallest absolute Gasteiger partial charge is 0.344 e. The van der Waals surface area contributed by atoms with E-state index in [0.717, 1.165) is 0 Å². The van der Waals surface area contributed by atoms with E-state index in [1.807, 2.05) is 43.3 Å². The summed E-state index contributed by atoms with van der Waals surface area (Å²) in [6, 6.07) is 31.2. The molecule has 0 radical (unpaired) electrons. The number of esters is 1. The Labute approximate surface area is 275 Å². The number of Topliss-reactive ketones (excluding diaryl/α,β-unsaturated/α-hetero) is 1. The largest absolute Gasteiger partial charge is 0.486 e. The lowest BCUT2D eigenvalue weighted by Gasteiger charge is -2.30. The Balaban J connectivity index is 1.19. The topological polar surface area (TPSA) is 105 Å². The molecule has 0 saturated carbocycles. The van der Waals surface area contributed by atoms with Crippen LogP contribution in [0.2, 0.25) is 0 Å². The monoisotopic (exact) mass is 636 g/mol. The SMILES string of the molecule is CCC(C)(OCCC(C)(C)OC(=O)COc1ccc(C(=O)c2ccccc2)cc1)C(=O)COc1ccc(C(=O)c2ccccc2)cc1. The van der Waals surface area contributed by atoms with Crippen LogP contribution < -0.4 is 9.47 Å². The van der Waals surface area contributed by atoms with Gasteiger partial charge in [-0.05, 0) is 75.7 Å². The van der Waals surface area contributed by atoms with Crippen molar-refractivity contribution in [3.63, 3.8) is 0 Å². The first-order valence-corrected chi connectivity index (χ1v) is 15.5. The van der Waals surface area contributed by atoms with Gasteiger partial charge in [-0.3, -0.25) is 14.4 Å². The molecule has 0 aromatic heterocycles. The van der Waals surface area contributed by atoms with E-state index in [4.69, 9.17) is 18.9 Å². The summed E-state index contributed by atoms with van der Waals surface area (Å²) in [5.41, 5.74) is 0.256. The van der Waals surface area contributed by atoms with Gasteiger partial charge in [0.25, 0.3) is 0 Å². The van der Waals surface area contributed by atoms with Crippen molar-refractivity contribution in [2.75, 3.05) is 19.8 Å². The highest BCUT2D eigenvalue weighted by atomic mass is 16.6. The normalized spacial score (nSPS) is 12.4. The average Bonchev–Trinajstić information content (AvgIpc) is 3.09. The molecule has 8 heteroatoms. The maximum absolute atomic E-state index is 13.1. The fraction of sp³-hybridized carbons (Fsp3) is 0.282. The Bertz CT molecular complexity index is 1650. The molecule has 1 unspecified atom stereocenters. The molecule has 4 aromatic carbocycles. The van der Waals surface area contributed by atoms with Gasteiger partial charge in [0.2, 0.25) is 5.78 Å². The zero-order chi connectivity index (χ0) is 33.9. The van der Waals surface area contributed by atoms with Gasteiger partial charge in [0.15, 0.2) is 18.2 Å². The van der Waals surface area contributed by atoms with Gasteiger partial charge in [0, 0.05) is 28.7 Å². The van der Waals surface area contributed by atoms with Gasteiger partial charge in [-0.25, -0.2) is 4.79 Å².